The molecule has 0 saturated carbocycles. The van der Waals surface area contributed by atoms with Crippen molar-refractivity contribution in [2.75, 3.05) is 63.3 Å². The Morgan fingerprint density at radius 1 is 1.03 bits per heavy atom. The maximum atomic E-state index is 12.9. The summed E-state index contributed by atoms with van der Waals surface area (Å²) in [5, 5.41) is 11.0. The Labute approximate surface area is 192 Å². The van der Waals surface area contributed by atoms with E-state index in [-0.39, 0.29) is 16.5 Å². The summed E-state index contributed by atoms with van der Waals surface area (Å²) >= 11 is 0. The fourth-order valence-corrected chi connectivity index (χ4v) is 4.28. The Bertz CT molecular complexity index is 1000. The maximum absolute atomic E-state index is 12.9. The Morgan fingerprint density at radius 2 is 1.73 bits per heavy atom. The Kier molecular flexibility index (Phi) is 6.76. The number of benzene rings is 1. The van der Waals surface area contributed by atoms with Crippen LogP contribution in [0.2, 0.25) is 0 Å². The number of nitro groups is 1. The minimum atomic E-state index is -0.577. The molecule has 176 valence electrons. The van der Waals surface area contributed by atoms with Crippen molar-refractivity contribution in [1.29, 1.82) is 0 Å². The number of ether oxygens (including phenoxy) is 2. The van der Waals surface area contributed by atoms with Gasteiger partial charge in [0.15, 0.2) is 0 Å². The Morgan fingerprint density at radius 3 is 2.36 bits per heavy atom. The average molecular weight is 457 g/mol. The lowest BCUT2D eigenvalue weighted by atomic mass is 10.1. The smallest absolute Gasteiger partial charge is 0.274 e. The zero-order valence-corrected chi connectivity index (χ0v) is 18.8. The molecular formula is C22H28N6O5. The van der Waals surface area contributed by atoms with E-state index in [2.05, 4.69) is 19.8 Å². The molecule has 3 heterocycles. The highest BCUT2D eigenvalue weighted by Crippen LogP contribution is 2.33. The van der Waals surface area contributed by atoms with E-state index in [1.54, 1.807) is 25.3 Å². The number of likely N-dealkylation sites (tertiary alicyclic amines) is 1. The van der Waals surface area contributed by atoms with E-state index in [1.165, 1.54) is 6.20 Å². The number of piperidine rings is 1. The molecule has 2 fully saturated rings. The lowest BCUT2D eigenvalue weighted by Gasteiger charge is -2.37. The van der Waals surface area contributed by atoms with Gasteiger partial charge in [-0.1, -0.05) is 0 Å². The Balaban J connectivity index is 1.39. The third kappa shape index (κ3) is 4.91. The van der Waals surface area contributed by atoms with E-state index in [4.69, 9.17) is 9.47 Å². The third-order valence-electron chi connectivity index (χ3n) is 6.22. The van der Waals surface area contributed by atoms with E-state index in [0.29, 0.717) is 31.7 Å². The van der Waals surface area contributed by atoms with E-state index in [9.17, 15) is 14.9 Å². The molecule has 0 unspecified atom stereocenters. The van der Waals surface area contributed by atoms with Gasteiger partial charge in [0.25, 0.3) is 5.91 Å². The first-order chi connectivity index (χ1) is 16.0. The van der Waals surface area contributed by atoms with E-state index >= 15 is 0 Å². The largest absolute Gasteiger partial charge is 0.497 e. The highest BCUT2D eigenvalue weighted by atomic mass is 16.6. The number of hydrogen-bond donors (Lipinski definition) is 0. The van der Waals surface area contributed by atoms with Crippen molar-refractivity contribution < 1.29 is 19.2 Å². The lowest BCUT2D eigenvalue weighted by Crippen LogP contribution is -2.47. The number of carbonyl (C=O) groups excluding carboxylic acids is 1. The molecule has 0 spiro atoms. The van der Waals surface area contributed by atoms with Crippen molar-refractivity contribution >= 4 is 17.4 Å². The van der Waals surface area contributed by atoms with Crippen LogP contribution in [-0.2, 0) is 0 Å². The molecule has 2 aliphatic rings. The van der Waals surface area contributed by atoms with E-state index in [1.807, 2.05) is 18.2 Å². The standard InChI is InChI=1S/C22H28N6O5/c1-32-17-3-4-19(20(13-17)33-2)25-9-11-26(12-10-25)21-15-23-14-18(24-21)22(29)27-7-5-16(6-8-27)28(30)31/h3-4,13-16H,5-12H2,1-2H3. The molecule has 2 aliphatic heterocycles. The number of aromatic nitrogens is 2. The quantitative estimate of drug-likeness (QED) is 0.473. The summed E-state index contributed by atoms with van der Waals surface area (Å²) in [5.74, 6) is 1.93. The minimum Gasteiger partial charge on any atom is -0.497 e. The number of nitrogens with zero attached hydrogens (tertiary/aromatic N) is 6. The van der Waals surface area contributed by atoms with Crippen LogP contribution in [-0.4, -0.2) is 85.2 Å². The molecule has 0 N–H and O–H groups in total. The zero-order chi connectivity index (χ0) is 23.4. The third-order valence-corrected chi connectivity index (χ3v) is 6.22. The zero-order valence-electron chi connectivity index (χ0n) is 18.8. The summed E-state index contributed by atoms with van der Waals surface area (Å²) in [6.45, 7) is 3.68. The van der Waals surface area contributed by atoms with Crippen molar-refractivity contribution in [2.45, 2.75) is 18.9 Å². The maximum Gasteiger partial charge on any atom is 0.274 e. The number of rotatable bonds is 6. The monoisotopic (exact) mass is 456 g/mol. The normalized spacial score (nSPS) is 17.1. The molecule has 1 aromatic heterocycles. The predicted octanol–water partition coefficient (Wildman–Crippen LogP) is 1.70. The summed E-state index contributed by atoms with van der Waals surface area (Å²) in [6, 6.07) is 5.21. The summed E-state index contributed by atoms with van der Waals surface area (Å²) in [4.78, 5) is 38.3. The summed E-state index contributed by atoms with van der Waals surface area (Å²) < 4.78 is 10.8. The van der Waals surface area contributed by atoms with Crippen LogP contribution in [0.4, 0.5) is 11.5 Å². The number of anilines is 2. The van der Waals surface area contributed by atoms with Crippen LogP contribution in [0.15, 0.2) is 30.6 Å². The van der Waals surface area contributed by atoms with Crippen LogP contribution in [0.25, 0.3) is 0 Å². The molecule has 33 heavy (non-hydrogen) atoms. The number of piperazine rings is 1. The highest BCUT2D eigenvalue weighted by Gasteiger charge is 2.30. The molecule has 0 bridgehead atoms. The molecule has 1 aromatic carbocycles. The van der Waals surface area contributed by atoms with Gasteiger partial charge < -0.3 is 24.2 Å². The van der Waals surface area contributed by atoms with Gasteiger partial charge in [0.05, 0.1) is 32.3 Å². The molecule has 0 aliphatic carbocycles. The molecule has 2 saturated heterocycles. The average Bonchev–Trinajstić information content (AvgIpc) is 2.88. The molecule has 2 aromatic rings. The molecule has 0 atom stereocenters. The van der Waals surface area contributed by atoms with Crippen molar-refractivity contribution in [3.63, 3.8) is 0 Å². The van der Waals surface area contributed by atoms with Crippen LogP contribution in [0.5, 0.6) is 11.5 Å². The molecule has 1 amide bonds. The van der Waals surface area contributed by atoms with E-state index in [0.717, 1.165) is 43.4 Å². The molecule has 4 rings (SSSR count). The first-order valence-electron chi connectivity index (χ1n) is 11.0. The van der Waals surface area contributed by atoms with Gasteiger partial charge in [0.2, 0.25) is 6.04 Å². The molecular weight excluding hydrogens is 428 g/mol. The number of carbonyl (C=O) groups is 1. The number of methoxy groups -OCH3 is 2. The lowest BCUT2D eigenvalue weighted by molar-refractivity contribution is -0.526. The van der Waals surface area contributed by atoms with Crippen molar-refractivity contribution in [2.24, 2.45) is 0 Å². The van der Waals surface area contributed by atoms with Gasteiger partial charge in [-0.25, -0.2) is 4.98 Å². The topological polar surface area (TPSA) is 114 Å². The fraction of sp³-hybridized carbons (Fsp3) is 0.500. The van der Waals surface area contributed by atoms with Crippen molar-refractivity contribution in [1.82, 2.24) is 14.9 Å². The molecule has 11 heteroatoms. The van der Waals surface area contributed by atoms with Gasteiger partial charge in [0.1, 0.15) is 23.0 Å². The molecule has 0 radical (unpaired) electrons. The predicted molar refractivity (Wildman–Crippen MR) is 122 cm³/mol. The van der Waals surface area contributed by atoms with Crippen molar-refractivity contribution in [3.05, 3.63) is 46.4 Å². The van der Waals surface area contributed by atoms with Gasteiger partial charge in [-0.3, -0.25) is 19.9 Å². The molecule has 11 nitrogen and oxygen atoms in total. The second-order valence-electron chi connectivity index (χ2n) is 8.08. The first-order valence-corrected chi connectivity index (χ1v) is 11.0. The summed E-state index contributed by atoms with van der Waals surface area (Å²) in [7, 11) is 3.27. The van der Waals surface area contributed by atoms with Crippen molar-refractivity contribution in [3.8, 4) is 11.5 Å². The number of hydrogen-bond acceptors (Lipinski definition) is 9. The SMILES string of the molecule is COc1ccc(N2CCN(c3cncc(C(=O)N4CCC([N+](=O)[O-])CC4)n3)CC2)c(OC)c1. The van der Waals surface area contributed by atoms with Gasteiger partial charge in [-0.05, 0) is 12.1 Å². The fourth-order valence-electron chi connectivity index (χ4n) is 4.28. The van der Waals surface area contributed by atoms with Crippen LogP contribution in [0.3, 0.4) is 0 Å². The van der Waals surface area contributed by atoms with Gasteiger partial charge in [-0.2, -0.15) is 0 Å². The van der Waals surface area contributed by atoms with Crippen LogP contribution >= 0.6 is 0 Å². The van der Waals surface area contributed by atoms with E-state index < -0.39 is 6.04 Å². The summed E-state index contributed by atoms with van der Waals surface area (Å²) in [6.07, 6.45) is 3.86. The van der Waals surface area contributed by atoms with Crippen LogP contribution < -0.4 is 19.3 Å². The first kappa shape index (κ1) is 22.6. The second kappa shape index (κ2) is 9.88. The Hall–Kier alpha value is -3.63. The van der Waals surface area contributed by atoms with Gasteiger partial charge >= 0.3 is 0 Å². The highest BCUT2D eigenvalue weighted by molar-refractivity contribution is 5.92. The second-order valence-corrected chi connectivity index (χ2v) is 8.08. The van der Waals surface area contributed by atoms with Gasteiger partial charge in [0, 0.05) is 63.1 Å². The number of amides is 1. The summed E-state index contributed by atoms with van der Waals surface area (Å²) in [5.41, 5.74) is 1.28. The van der Waals surface area contributed by atoms with Crippen LogP contribution in [0, 0.1) is 10.1 Å². The van der Waals surface area contributed by atoms with Crippen LogP contribution in [0.1, 0.15) is 23.3 Å². The minimum absolute atomic E-state index is 0.229. The van der Waals surface area contributed by atoms with Gasteiger partial charge in [-0.15, -0.1) is 0 Å².